The molecule has 0 saturated carbocycles. The SMILES string of the molecule is CN1C[C@@H]2CN(Cc3cnc(N)s3)C[C@@H]2C1. The van der Waals surface area contributed by atoms with Crippen LogP contribution in [-0.4, -0.2) is 48.0 Å². The van der Waals surface area contributed by atoms with Gasteiger partial charge in [-0.15, -0.1) is 11.3 Å². The van der Waals surface area contributed by atoms with Gasteiger partial charge in [-0.1, -0.05) is 0 Å². The molecule has 4 nitrogen and oxygen atoms in total. The standard InChI is InChI=1S/C11H18N4S/c1-14-3-8-5-15(6-9(8)4-14)7-10-2-13-11(12)16-10/h2,8-9H,3-7H2,1H3,(H2,12,13)/t8-,9+. The zero-order valence-corrected chi connectivity index (χ0v) is 10.4. The molecule has 0 radical (unpaired) electrons. The number of anilines is 1. The Bertz CT molecular complexity index is 364. The van der Waals surface area contributed by atoms with Gasteiger partial charge in [-0.2, -0.15) is 0 Å². The van der Waals surface area contributed by atoms with Crippen molar-refractivity contribution < 1.29 is 0 Å². The molecule has 0 aliphatic carbocycles. The molecule has 0 unspecified atom stereocenters. The van der Waals surface area contributed by atoms with Crippen LogP contribution in [0.3, 0.4) is 0 Å². The first-order chi connectivity index (χ1) is 7.70. The zero-order valence-electron chi connectivity index (χ0n) is 9.59. The van der Waals surface area contributed by atoms with E-state index in [2.05, 4.69) is 21.8 Å². The van der Waals surface area contributed by atoms with Crippen LogP contribution in [0.25, 0.3) is 0 Å². The Kier molecular flexibility index (Phi) is 2.61. The minimum Gasteiger partial charge on any atom is -0.375 e. The van der Waals surface area contributed by atoms with Crippen LogP contribution >= 0.6 is 11.3 Å². The van der Waals surface area contributed by atoms with Crippen LogP contribution in [0, 0.1) is 11.8 Å². The van der Waals surface area contributed by atoms with Crippen molar-refractivity contribution in [3.63, 3.8) is 0 Å². The second-order valence-electron chi connectivity index (χ2n) is 5.10. The first kappa shape index (κ1) is 10.5. The molecule has 2 atom stereocenters. The molecule has 2 N–H and O–H groups in total. The van der Waals surface area contributed by atoms with Crippen LogP contribution in [0.15, 0.2) is 6.20 Å². The minimum absolute atomic E-state index is 0.689. The summed E-state index contributed by atoms with van der Waals surface area (Å²) < 4.78 is 0. The average molecular weight is 238 g/mol. The lowest BCUT2D eigenvalue weighted by molar-refractivity contribution is 0.274. The van der Waals surface area contributed by atoms with E-state index in [1.165, 1.54) is 31.1 Å². The van der Waals surface area contributed by atoms with Crippen molar-refractivity contribution >= 4 is 16.5 Å². The van der Waals surface area contributed by atoms with Gasteiger partial charge < -0.3 is 10.6 Å². The highest BCUT2D eigenvalue weighted by Crippen LogP contribution is 2.31. The van der Waals surface area contributed by atoms with E-state index >= 15 is 0 Å². The second kappa shape index (κ2) is 3.98. The lowest BCUT2D eigenvalue weighted by Crippen LogP contribution is -2.26. The summed E-state index contributed by atoms with van der Waals surface area (Å²) in [4.78, 5) is 10.4. The van der Waals surface area contributed by atoms with E-state index < -0.39 is 0 Å². The highest BCUT2D eigenvalue weighted by atomic mass is 32.1. The Hall–Kier alpha value is -0.650. The normalized spacial score (nSPS) is 31.1. The van der Waals surface area contributed by atoms with Crippen molar-refractivity contribution in [1.82, 2.24) is 14.8 Å². The second-order valence-corrected chi connectivity index (χ2v) is 6.25. The molecule has 2 aliphatic heterocycles. The molecule has 1 aromatic rings. The molecular formula is C11H18N4S. The maximum atomic E-state index is 5.65. The van der Waals surface area contributed by atoms with Gasteiger partial charge in [-0.25, -0.2) is 4.98 Å². The number of aromatic nitrogens is 1. The number of hydrogen-bond acceptors (Lipinski definition) is 5. The lowest BCUT2D eigenvalue weighted by Gasteiger charge is -2.17. The summed E-state index contributed by atoms with van der Waals surface area (Å²) in [5, 5.41) is 0.689. The summed E-state index contributed by atoms with van der Waals surface area (Å²) in [7, 11) is 2.23. The average Bonchev–Trinajstić information content (AvgIpc) is 2.81. The van der Waals surface area contributed by atoms with E-state index in [9.17, 15) is 0 Å². The summed E-state index contributed by atoms with van der Waals surface area (Å²) in [6.07, 6.45) is 1.92. The molecule has 0 bridgehead atoms. The summed E-state index contributed by atoms with van der Waals surface area (Å²) >= 11 is 1.62. The Balaban J connectivity index is 1.59. The summed E-state index contributed by atoms with van der Waals surface area (Å²) in [5.74, 6) is 1.77. The predicted octanol–water partition coefficient (Wildman–Crippen LogP) is 0.719. The van der Waals surface area contributed by atoms with Crippen LogP contribution in [-0.2, 0) is 6.54 Å². The van der Waals surface area contributed by atoms with Crippen molar-refractivity contribution in [2.24, 2.45) is 11.8 Å². The molecule has 88 valence electrons. The van der Waals surface area contributed by atoms with Crippen LogP contribution < -0.4 is 5.73 Å². The fraction of sp³-hybridized carbons (Fsp3) is 0.727. The molecule has 0 aromatic carbocycles. The predicted molar refractivity (Wildman–Crippen MR) is 66.3 cm³/mol. The number of hydrogen-bond donors (Lipinski definition) is 1. The van der Waals surface area contributed by atoms with E-state index in [0.717, 1.165) is 18.4 Å². The van der Waals surface area contributed by atoms with Crippen molar-refractivity contribution in [2.45, 2.75) is 6.54 Å². The van der Waals surface area contributed by atoms with Gasteiger partial charge in [0.2, 0.25) is 0 Å². The molecule has 5 heteroatoms. The maximum absolute atomic E-state index is 5.65. The fourth-order valence-electron chi connectivity index (χ4n) is 3.07. The number of fused-ring (bicyclic) bond motifs is 1. The molecule has 2 fully saturated rings. The van der Waals surface area contributed by atoms with E-state index in [1.54, 1.807) is 11.3 Å². The lowest BCUT2D eigenvalue weighted by atomic mass is 10.0. The first-order valence-electron chi connectivity index (χ1n) is 5.82. The molecule has 2 aliphatic rings. The van der Waals surface area contributed by atoms with Gasteiger partial charge in [-0.3, -0.25) is 4.90 Å². The Morgan fingerprint density at radius 3 is 2.62 bits per heavy atom. The van der Waals surface area contributed by atoms with Crippen LogP contribution in [0.2, 0.25) is 0 Å². The minimum atomic E-state index is 0.689. The van der Waals surface area contributed by atoms with Crippen molar-refractivity contribution in [2.75, 3.05) is 39.0 Å². The molecule has 2 saturated heterocycles. The quantitative estimate of drug-likeness (QED) is 0.824. The number of thiazole rings is 1. The van der Waals surface area contributed by atoms with E-state index in [1.807, 2.05) is 6.20 Å². The van der Waals surface area contributed by atoms with Gasteiger partial charge in [0.15, 0.2) is 5.13 Å². The summed E-state index contributed by atoms with van der Waals surface area (Å²) in [6, 6.07) is 0. The van der Waals surface area contributed by atoms with Gasteiger partial charge in [0.1, 0.15) is 0 Å². The maximum Gasteiger partial charge on any atom is 0.180 e. The van der Waals surface area contributed by atoms with E-state index in [-0.39, 0.29) is 0 Å². The number of nitrogens with two attached hydrogens (primary N) is 1. The third-order valence-electron chi connectivity index (χ3n) is 3.70. The van der Waals surface area contributed by atoms with Crippen molar-refractivity contribution in [1.29, 1.82) is 0 Å². The number of nitrogen functional groups attached to an aromatic ring is 1. The molecule has 16 heavy (non-hydrogen) atoms. The molecular weight excluding hydrogens is 220 g/mol. The van der Waals surface area contributed by atoms with Gasteiger partial charge in [0.25, 0.3) is 0 Å². The van der Waals surface area contributed by atoms with Crippen LogP contribution in [0.5, 0.6) is 0 Å². The number of likely N-dealkylation sites (tertiary alicyclic amines) is 2. The smallest absolute Gasteiger partial charge is 0.180 e. The van der Waals surface area contributed by atoms with Crippen molar-refractivity contribution in [3.05, 3.63) is 11.1 Å². The van der Waals surface area contributed by atoms with Gasteiger partial charge in [-0.05, 0) is 18.9 Å². The molecule has 0 amide bonds. The van der Waals surface area contributed by atoms with E-state index in [0.29, 0.717) is 5.13 Å². The molecule has 0 spiro atoms. The van der Waals surface area contributed by atoms with Crippen molar-refractivity contribution in [3.8, 4) is 0 Å². The Morgan fingerprint density at radius 2 is 2.06 bits per heavy atom. The van der Waals surface area contributed by atoms with Crippen LogP contribution in [0.1, 0.15) is 4.88 Å². The van der Waals surface area contributed by atoms with E-state index in [4.69, 9.17) is 5.73 Å². The highest BCUT2D eigenvalue weighted by Gasteiger charge is 2.38. The van der Waals surface area contributed by atoms with Gasteiger partial charge in [0.05, 0.1) is 0 Å². The monoisotopic (exact) mass is 238 g/mol. The highest BCUT2D eigenvalue weighted by molar-refractivity contribution is 7.15. The summed E-state index contributed by atoms with van der Waals surface area (Å²) in [6.45, 7) is 6.06. The largest absolute Gasteiger partial charge is 0.375 e. The zero-order chi connectivity index (χ0) is 11.1. The Morgan fingerprint density at radius 1 is 1.38 bits per heavy atom. The third kappa shape index (κ3) is 1.95. The number of nitrogens with zero attached hydrogens (tertiary/aromatic N) is 3. The number of rotatable bonds is 2. The van der Waals surface area contributed by atoms with Gasteiger partial charge >= 0.3 is 0 Å². The molecule has 1 aromatic heterocycles. The first-order valence-corrected chi connectivity index (χ1v) is 6.63. The third-order valence-corrected chi connectivity index (χ3v) is 4.51. The molecule has 3 rings (SSSR count). The summed E-state index contributed by atoms with van der Waals surface area (Å²) in [5.41, 5.74) is 5.65. The Labute approximate surface area is 100 Å². The molecule has 3 heterocycles. The topological polar surface area (TPSA) is 45.4 Å². The van der Waals surface area contributed by atoms with Gasteiger partial charge in [0, 0.05) is 43.8 Å². The fourth-order valence-corrected chi connectivity index (χ4v) is 3.80. The van der Waals surface area contributed by atoms with Crippen LogP contribution in [0.4, 0.5) is 5.13 Å².